The number of aliphatic hydroxyl groups excluding tert-OH is 1. The predicted molar refractivity (Wildman–Crippen MR) is 68.0 cm³/mol. The van der Waals surface area contributed by atoms with Crippen molar-refractivity contribution in [3.8, 4) is 5.75 Å². The molecule has 0 aliphatic carbocycles. The summed E-state index contributed by atoms with van der Waals surface area (Å²) in [6.07, 6.45) is 5.27. The molecular weight excluding hydrogens is 216 g/mol. The van der Waals surface area contributed by atoms with Crippen molar-refractivity contribution in [1.29, 1.82) is 0 Å². The molecule has 1 N–H and O–H groups in total. The van der Waals surface area contributed by atoms with Gasteiger partial charge in [0.05, 0.1) is 5.76 Å². The van der Waals surface area contributed by atoms with E-state index in [2.05, 4.69) is 6.08 Å². The number of benzene rings is 1. The van der Waals surface area contributed by atoms with Gasteiger partial charge < -0.3 is 9.84 Å². The lowest BCUT2D eigenvalue weighted by Crippen LogP contribution is -1.98. The van der Waals surface area contributed by atoms with E-state index in [1.165, 1.54) is 25.5 Å². The normalized spacial score (nSPS) is 12.9. The van der Waals surface area contributed by atoms with Crippen LogP contribution in [0.1, 0.15) is 19.4 Å². The van der Waals surface area contributed by atoms with Crippen LogP contribution in [0.4, 0.5) is 0 Å². The molecule has 3 nitrogen and oxygen atoms in total. The van der Waals surface area contributed by atoms with Crippen LogP contribution < -0.4 is 4.74 Å². The van der Waals surface area contributed by atoms with Crippen LogP contribution in [0, 0.1) is 0 Å². The third-order valence-electron chi connectivity index (χ3n) is 1.96. The molecule has 0 spiro atoms. The maximum Gasteiger partial charge on any atom is 0.155 e. The highest BCUT2D eigenvalue weighted by atomic mass is 16.5. The average molecular weight is 232 g/mol. The fraction of sp³-hybridized carbons (Fsp3) is 0.214. The van der Waals surface area contributed by atoms with Gasteiger partial charge in [-0.15, -0.1) is 0 Å². The topological polar surface area (TPSA) is 46.5 Å². The molecule has 2 rings (SSSR count). The molecule has 0 bridgehead atoms. The summed E-state index contributed by atoms with van der Waals surface area (Å²) in [6, 6.07) is 8.03. The van der Waals surface area contributed by atoms with E-state index in [1.807, 2.05) is 30.3 Å². The Morgan fingerprint density at radius 3 is 2.59 bits per heavy atom. The van der Waals surface area contributed by atoms with Gasteiger partial charge in [0.15, 0.2) is 5.78 Å². The van der Waals surface area contributed by atoms with Gasteiger partial charge in [-0.25, -0.2) is 0 Å². The first kappa shape index (κ1) is 13.0. The quantitative estimate of drug-likeness (QED) is 0.597. The number of hydrogen-bond acceptors (Lipinski definition) is 3. The molecule has 90 valence electrons. The van der Waals surface area contributed by atoms with E-state index in [1.54, 1.807) is 0 Å². The Bertz CT molecular complexity index is 441. The van der Waals surface area contributed by atoms with Gasteiger partial charge in [-0.3, -0.25) is 4.79 Å². The zero-order valence-electron chi connectivity index (χ0n) is 10.0. The van der Waals surface area contributed by atoms with E-state index in [4.69, 9.17) is 9.84 Å². The first-order valence-corrected chi connectivity index (χ1v) is 5.36. The van der Waals surface area contributed by atoms with E-state index >= 15 is 0 Å². The third kappa shape index (κ3) is 5.02. The minimum Gasteiger partial charge on any atom is -0.512 e. The summed E-state index contributed by atoms with van der Waals surface area (Å²) in [6.45, 7) is 3.55. The van der Waals surface area contributed by atoms with Gasteiger partial charge in [0, 0.05) is 11.6 Å². The van der Waals surface area contributed by atoms with Crippen LogP contribution in [0.15, 0.2) is 42.2 Å². The van der Waals surface area contributed by atoms with Gasteiger partial charge in [0.1, 0.15) is 12.4 Å². The van der Waals surface area contributed by atoms with Crippen molar-refractivity contribution in [2.45, 2.75) is 13.8 Å². The smallest absolute Gasteiger partial charge is 0.155 e. The minimum absolute atomic E-state index is 0.0625. The van der Waals surface area contributed by atoms with Crippen molar-refractivity contribution in [1.82, 2.24) is 0 Å². The van der Waals surface area contributed by atoms with Gasteiger partial charge in [-0.1, -0.05) is 24.3 Å². The first-order valence-electron chi connectivity index (χ1n) is 5.36. The number of hydrogen-bond donors (Lipinski definition) is 1. The molecule has 0 radical (unpaired) electrons. The first-order chi connectivity index (χ1) is 8.09. The summed E-state index contributed by atoms with van der Waals surface area (Å²) in [7, 11) is 0. The lowest BCUT2D eigenvalue weighted by molar-refractivity contribution is -0.112. The van der Waals surface area contributed by atoms with Crippen LogP contribution >= 0.6 is 0 Å². The number of ether oxygens (including phenoxy) is 1. The highest BCUT2D eigenvalue weighted by molar-refractivity contribution is 5.87. The molecular formula is C14H16O3. The standard InChI is InChI=1S/C9H8O.C5H8O2/c1-2-6-9-8(4-1)5-3-7-10-9;1-4(6)3-5(2)7/h1-6H,7H2;3,6H,1-2H3/b;4-3-. The van der Waals surface area contributed by atoms with Crippen molar-refractivity contribution < 1.29 is 14.6 Å². The average Bonchev–Trinajstić information content (AvgIpc) is 2.28. The Hall–Kier alpha value is -2.03. The summed E-state index contributed by atoms with van der Waals surface area (Å²) >= 11 is 0. The molecule has 1 aromatic carbocycles. The van der Waals surface area contributed by atoms with E-state index < -0.39 is 0 Å². The zero-order valence-corrected chi connectivity index (χ0v) is 10.0. The van der Waals surface area contributed by atoms with Gasteiger partial charge in [-0.2, -0.15) is 0 Å². The van der Waals surface area contributed by atoms with Crippen LogP contribution in [0.25, 0.3) is 6.08 Å². The minimum atomic E-state index is -0.125. The van der Waals surface area contributed by atoms with Crippen molar-refractivity contribution in [2.75, 3.05) is 6.61 Å². The van der Waals surface area contributed by atoms with Crippen molar-refractivity contribution >= 4 is 11.9 Å². The Labute approximate surface area is 101 Å². The second-order valence-electron chi connectivity index (χ2n) is 3.65. The zero-order chi connectivity index (χ0) is 12.7. The fourth-order valence-electron chi connectivity index (χ4n) is 1.36. The van der Waals surface area contributed by atoms with E-state index in [9.17, 15) is 4.79 Å². The molecule has 0 fully saturated rings. The molecule has 3 heteroatoms. The third-order valence-corrected chi connectivity index (χ3v) is 1.96. The largest absolute Gasteiger partial charge is 0.512 e. The maximum atomic E-state index is 10.0. The Morgan fingerprint density at radius 1 is 1.35 bits per heavy atom. The molecule has 0 saturated heterocycles. The van der Waals surface area contributed by atoms with Crippen LogP contribution in [0.2, 0.25) is 0 Å². The summed E-state index contributed by atoms with van der Waals surface area (Å²) in [5, 5.41) is 8.36. The SMILES string of the molecule is C1=Cc2ccccc2OC1.CC(=O)/C=C(/C)O. The lowest BCUT2D eigenvalue weighted by Gasteiger charge is -2.10. The number of rotatable bonds is 1. The molecule has 1 aliphatic heterocycles. The Kier molecular flexibility index (Phi) is 5.01. The van der Waals surface area contributed by atoms with Crippen molar-refractivity contribution in [2.24, 2.45) is 0 Å². The van der Waals surface area contributed by atoms with Crippen LogP contribution in [-0.4, -0.2) is 17.5 Å². The van der Waals surface area contributed by atoms with Crippen LogP contribution in [0.3, 0.4) is 0 Å². The summed E-state index contributed by atoms with van der Waals surface area (Å²) in [4.78, 5) is 10.0. The summed E-state index contributed by atoms with van der Waals surface area (Å²) in [5.41, 5.74) is 1.17. The molecule has 1 heterocycles. The molecule has 1 aliphatic rings. The molecule has 0 aromatic heterocycles. The van der Waals surface area contributed by atoms with Crippen molar-refractivity contribution in [3.63, 3.8) is 0 Å². The molecule has 1 aromatic rings. The van der Waals surface area contributed by atoms with E-state index in [0.717, 1.165) is 5.75 Å². The number of para-hydroxylation sites is 1. The Morgan fingerprint density at radius 2 is 2.06 bits per heavy atom. The number of ketones is 1. The monoisotopic (exact) mass is 232 g/mol. The summed E-state index contributed by atoms with van der Waals surface area (Å²) in [5.74, 6) is 0.928. The van der Waals surface area contributed by atoms with Crippen LogP contribution in [0.5, 0.6) is 5.75 Å². The van der Waals surface area contributed by atoms with Gasteiger partial charge in [0.25, 0.3) is 0 Å². The molecule has 0 amide bonds. The fourth-order valence-corrected chi connectivity index (χ4v) is 1.36. The van der Waals surface area contributed by atoms with Crippen molar-refractivity contribution in [3.05, 3.63) is 47.7 Å². The predicted octanol–water partition coefficient (Wildman–Crippen LogP) is 3.13. The number of allylic oxidation sites excluding steroid dienone is 2. The second kappa shape index (κ2) is 6.53. The van der Waals surface area contributed by atoms with Gasteiger partial charge in [0.2, 0.25) is 0 Å². The number of carbonyl (C=O) groups excluding carboxylic acids is 1. The number of fused-ring (bicyclic) bond motifs is 1. The molecule has 0 saturated carbocycles. The summed E-state index contributed by atoms with van der Waals surface area (Å²) < 4.78 is 5.34. The van der Waals surface area contributed by atoms with Crippen LogP contribution in [-0.2, 0) is 4.79 Å². The second-order valence-corrected chi connectivity index (χ2v) is 3.65. The Balaban J connectivity index is 0.000000185. The van der Waals surface area contributed by atoms with E-state index in [-0.39, 0.29) is 11.5 Å². The molecule has 17 heavy (non-hydrogen) atoms. The number of aliphatic hydroxyl groups is 1. The molecule has 0 atom stereocenters. The van der Waals surface area contributed by atoms with Gasteiger partial charge in [-0.05, 0) is 26.0 Å². The molecule has 0 unspecified atom stereocenters. The van der Waals surface area contributed by atoms with E-state index in [0.29, 0.717) is 6.61 Å². The highest BCUT2D eigenvalue weighted by Crippen LogP contribution is 2.21. The number of carbonyl (C=O) groups is 1. The maximum absolute atomic E-state index is 10.0. The van der Waals surface area contributed by atoms with Gasteiger partial charge >= 0.3 is 0 Å². The highest BCUT2D eigenvalue weighted by Gasteiger charge is 2.01. The lowest BCUT2D eigenvalue weighted by atomic mass is 10.1.